The molecule has 1 atom stereocenters. The van der Waals surface area contributed by atoms with Gasteiger partial charge in [0.2, 0.25) is 0 Å². The Morgan fingerprint density at radius 1 is 1.22 bits per heavy atom. The summed E-state index contributed by atoms with van der Waals surface area (Å²) in [6.07, 6.45) is -0.313. The van der Waals surface area contributed by atoms with Gasteiger partial charge in [-0.25, -0.2) is 0 Å². The van der Waals surface area contributed by atoms with E-state index in [4.69, 9.17) is 21.1 Å². The molecule has 0 saturated carbocycles. The van der Waals surface area contributed by atoms with E-state index in [2.05, 4.69) is 0 Å². The number of carbonyl (C=O) groups is 1. The lowest BCUT2D eigenvalue weighted by atomic mass is 10.1. The van der Waals surface area contributed by atoms with Gasteiger partial charge in [-0.1, -0.05) is 23.7 Å². The second kappa shape index (κ2) is 7.52. The summed E-state index contributed by atoms with van der Waals surface area (Å²) >= 11 is 5.84. The first kappa shape index (κ1) is 15.2. The fourth-order valence-corrected chi connectivity index (χ4v) is 1.65. The number of rotatable bonds is 7. The largest absolute Gasteiger partial charge is 0.376 e. The molecule has 100 valence electrons. The van der Waals surface area contributed by atoms with E-state index in [9.17, 15) is 4.79 Å². The third-order valence-corrected chi connectivity index (χ3v) is 2.62. The van der Waals surface area contributed by atoms with Crippen molar-refractivity contribution in [3.8, 4) is 0 Å². The van der Waals surface area contributed by atoms with Gasteiger partial charge in [-0.15, -0.1) is 0 Å². The molecule has 18 heavy (non-hydrogen) atoms. The van der Waals surface area contributed by atoms with Crippen LogP contribution >= 0.6 is 11.6 Å². The molecule has 0 heterocycles. The lowest BCUT2D eigenvalue weighted by molar-refractivity contribution is -0.00176. The highest BCUT2D eigenvalue weighted by Gasteiger charge is 2.15. The zero-order valence-electron chi connectivity index (χ0n) is 11.0. The van der Waals surface area contributed by atoms with Crippen molar-refractivity contribution in [1.29, 1.82) is 0 Å². The van der Waals surface area contributed by atoms with Crippen molar-refractivity contribution in [2.75, 3.05) is 13.2 Å². The number of benzene rings is 1. The quantitative estimate of drug-likeness (QED) is 0.563. The predicted molar refractivity (Wildman–Crippen MR) is 72.3 cm³/mol. The number of hydrogen-bond acceptors (Lipinski definition) is 3. The van der Waals surface area contributed by atoms with E-state index in [1.54, 1.807) is 31.2 Å². The minimum Gasteiger partial charge on any atom is -0.376 e. The third kappa shape index (κ3) is 5.17. The number of halogens is 1. The Kier molecular flexibility index (Phi) is 6.33. The van der Waals surface area contributed by atoms with E-state index in [1.165, 1.54) is 0 Å². The van der Waals surface area contributed by atoms with Gasteiger partial charge < -0.3 is 9.47 Å². The van der Waals surface area contributed by atoms with Crippen LogP contribution in [0.3, 0.4) is 0 Å². The van der Waals surface area contributed by atoms with Crippen LogP contribution in [0.5, 0.6) is 0 Å². The zero-order chi connectivity index (χ0) is 13.5. The fraction of sp³-hybridized carbons (Fsp3) is 0.500. The first-order valence-corrected chi connectivity index (χ1v) is 6.41. The van der Waals surface area contributed by atoms with Crippen molar-refractivity contribution in [2.45, 2.75) is 33.0 Å². The van der Waals surface area contributed by atoms with Crippen LogP contribution in [0.2, 0.25) is 5.02 Å². The van der Waals surface area contributed by atoms with E-state index in [-0.39, 0.29) is 11.9 Å². The molecular weight excluding hydrogens is 252 g/mol. The van der Waals surface area contributed by atoms with Gasteiger partial charge >= 0.3 is 0 Å². The molecule has 0 radical (unpaired) electrons. The Morgan fingerprint density at radius 3 is 2.50 bits per heavy atom. The van der Waals surface area contributed by atoms with Gasteiger partial charge in [-0.05, 0) is 32.9 Å². The van der Waals surface area contributed by atoms with Gasteiger partial charge in [-0.3, -0.25) is 4.79 Å². The summed E-state index contributed by atoms with van der Waals surface area (Å²) in [5.41, 5.74) is 0.569. The second-order valence-corrected chi connectivity index (χ2v) is 4.74. The number of ether oxygens (including phenoxy) is 2. The predicted octanol–water partition coefficient (Wildman–Crippen LogP) is 3.35. The molecule has 0 saturated heterocycles. The summed E-state index contributed by atoms with van der Waals surface area (Å²) in [6, 6.07) is 6.87. The normalized spacial score (nSPS) is 12.7. The summed E-state index contributed by atoms with van der Waals surface area (Å²) in [4.78, 5) is 12.0. The average Bonchev–Trinajstić information content (AvgIpc) is 2.33. The number of Topliss-reactive ketones (excluding diaryl/α,β-unsaturated/α-hetero) is 1. The molecule has 1 rings (SSSR count). The first-order chi connectivity index (χ1) is 8.50. The second-order valence-electron chi connectivity index (χ2n) is 4.31. The van der Waals surface area contributed by atoms with Crippen LogP contribution in [0, 0.1) is 0 Å². The average molecular weight is 271 g/mol. The van der Waals surface area contributed by atoms with Gasteiger partial charge in [-0.2, -0.15) is 0 Å². The van der Waals surface area contributed by atoms with Crippen molar-refractivity contribution in [2.24, 2.45) is 0 Å². The summed E-state index contributed by atoms with van der Waals surface area (Å²) in [5.74, 6) is -0.0675. The molecular formula is C14H19ClO3. The summed E-state index contributed by atoms with van der Waals surface area (Å²) in [5, 5.41) is 0.552. The van der Waals surface area contributed by atoms with Gasteiger partial charge in [0.25, 0.3) is 0 Å². The van der Waals surface area contributed by atoms with Crippen molar-refractivity contribution >= 4 is 17.4 Å². The molecule has 3 nitrogen and oxygen atoms in total. The maximum Gasteiger partial charge on any atom is 0.191 e. The van der Waals surface area contributed by atoms with Crippen LogP contribution in [0.4, 0.5) is 0 Å². The van der Waals surface area contributed by atoms with E-state index < -0.39 is 6.10 Å². The Bertz CT molecular complexity index is 390. The van der Waals surface area contributed by atoms with Gasteiger partial charge in [0.1, 0.15) is 6.10 Å². The lowest BCUT2D eigenvalue weighted by Gasteiger charge is -2.13. The van der Waals surface area contributed by atoms with Gasteiger partial charge in [0.15, 0.2) is 5.78 Å². The maximum atomic E-state index is 12.0. The Balaban J connectivity index is 2.42. The van der Waals surface area contributed by atoms with Gasteiger partial charge in [0.05, 0.1) is 19.3 Å². The molecule has 0 aliphatic carbocycles. The lowest BCUT2D eigenvalue weighted by Crippen LogP contribution is -2.23. The molecule has 4 heteroatoms. The molecule has 0 N–H and O–H groups in total. The summed E-state index contributed by atoms with van der Waals surface area (Å²) < 4.78 is 10.8. The molecule has 1 aromatic rings. The van der Waals surface area contributed by atoms with Crippen LogP contribution in [-0.4, -0.2) is 31.2 Å². The molecule has 1 aromatic carbocycles. The highest BCUT2D eigenvalue weighted by molar-refractivity contribution is 6.31. The van der Waals surface area contributed by atoms with Gasteiger partial charge in [0, 0.05) is 10.6 Å². The number of ketones is 1. The summed E-state index contributed by atoms with van der Waals surface area (Å²) in [6.45, 7) is 6.55. The minimum atomic E-state index is -0.487. The summed E-state index contributed by atoms with van der Waals surface area (Å²) in [7, 11) is 0. The highest BCUT2D eigenvalue weighted by Crippen LogP contribution is 2.13. The van der Waals surface area contributed by atoms with Crippen molar-refractivity contribution in [3.05, 3.63) is 34.9 Å². The minimum absolute atomic E-state index is 0.0675. The van der Waals surface area contributed by atoms with Crippen LogP contribution in [0.15, 0.2) is 24.3 Å². The fourth-order valence-electron chi connectivity index (χ4n) is 1.46. The Morgan fingerprint density at radius 2 is 1.89 bits per heavy atom. The van der Waals surface area contributed by atoms with E-state index in [0.29, 0.717) is 23.8 Å². The van der Waals surface area contributed by atoms with E-state index >= 15 is 0 Å². The van der Waals surface area contributed by atoms with Crippen LogP contribution < -0.4 is 0 Å². The topological polar surface area (TPSA) is 35.5 Å². The molecule has 0 fully saturated rings. The van der Waals surface area contributed by atoms with Crippen LogP contribution in [0.25, 0.3) is 0 Å². The Hall–Kier alpha value is -0.900. The maximum absolute atomic E-state index is 12.0. The highest BCUT2D eigenvalue weighted by atomic mass is 35.5. The van der Waals surface area contributed by atoms with E-state index in [1.807, 2.05) is 13.8 Å². The van der Waals surface area contributed by atoms with Crippen molar-refractivity contribution in [3.63, 3.8) is 0 Å². The molecule has 1 unspecified atom stereocenters. The number of hydrogen-bond donors (Lipinski definition) is 0. The first-order valence-electron chi connectivity index (χ1n) is 6.03. The molecule has 0 aliphatic rings. The standard InChI is InChI=1S/C14H19ClO3/c1-10(2)17-7-8-18-11(3)14(16)12-5-4-6-13(15)9-12/h4-6,9-11H,7-8H2,1-3H3. The number of carbonyl (C=O) groups excluding carboxylic acids is 1. The van der Waals surface area contributed by atoms with Crippen molar-refractivity contribution < 1.29 is 14.3 Å². The molecule has 0 bridgehead atoms. The SMILES string of the molecule is CC(C)OCCOC(C)C(=O)c1cccc(Cl)c1. The third-order valence-electron chi connectivity index (χ3n) is 2.38. The molecule has 0 spiro atoms. The molecule has 0 aliphatic heterocycles. The van der Waals surface area contributed by atoms with E-state index in [0.717, 1.165) is 0 Å². The monoisotopic (exact) mass is 270 g/mol. The smallest absolute Gasteiger partial charge is 0.191 e. The molecule has 0 aromatic heterocycles. The Labute approximate surface area is 113 Å². The van der Waals surface area contributed by atoms with Crippen LogP contribution in [-0.2, 0) is 9.47 Å². The zero-order valence-corrected chi connectivity index (χ0v) is 11.7. The molecule has 0 amide bonds. The van der Waals surface area contributed by atoms with Crippen molar-refractivity contribution in [1.82, 2.24) is 0 Å². The van der Waals surface area contributed by atoms with Crippen LogP contribution in [0.1, 0.15) is 31.1 Å².